The Morgan fingerprint density at radius 1 is 1.40 bits per heavy atom. The molecule has 1 unspecified atom stereocenters. The van der Waals surface area contributed by atoms with Crippen molar-refractivity contribution in [3.63, 3.8) is 0 Å². The number of pyridine rings is 1. The van der Waals surface area contributed by atoms with E-state index in [4.69, 9.17) is 5.84 Å². The second kappa shape index (κ2) is 4.42. The third-order valence-electron chi connectivity index (χ3n) is 2.52. The summed E-state index contributed by atoms with van der Waals surface area (Å²) in [5.74, 6) is 6.02. The van der Waals surface area contributed by atoms with Crippen molar-refractivity contribution in [1.29, 1.82) is 0 Å². The van der Waals surface area contributed by atoms with Gasteiger partial charge in [-0.1, -0.05) is 6.92 Å². The van der Waals surface area contributed by atoms with Crippen LogP contribution >= 0.6 is 0 Å². The Labute approximate surface area is 89.9 Å². The second-order valence-electron chi connectivity index (χ2n) is 3.61. The molecule has 1 aromatic heterocycles. The number of aromatic nitrogens is 1. The zero-order valence-corrected chi connectivity index (χ0v) is 8.87. The van der Waals surface area contributed by atoms with Crippen molar-refractivity contribution in [1.82, 2.24) is 15.1 Å². The first-order valence-electron chi connectivity index (χ1n) is 5.21. The normalized spacial score (nSPS) is 21.2. The van der Waals surface area contributed by atoms with Crippen molar-refractivity contribution >= 4 is 0 Å². The Morgan fingerprint density at radius 3 is 2.80 bits per heavy atom. The largest absolute Gasteiger partial charge is 0.299 e. The molecule has 1 aliphatic heterocycles. The third kappa shape index (κ3) is 2.00. The summed E-state index contributed by atoms with van der Waals surface area (Å²) in [6, 6.07) is 4.12. The van der Waals surface area contributed by atoms with Gasteiger partial charge in [0.2, 0.25) is 0 Å². The van der Waals surface area contributed by atoms with Crippen molar-refractivity contribution in [2.24, 2.45) is 5.84 Å². The van der Waals surface area contributed by atoms with Gasteiger partial charge in [0.1, 0.15) is 0 Å². The molecular formula is C11H16N4. The van der Waals surface area contributed by atoms with Gasteiger partial charge in [-0.15, -0.1) is 5.12 Å². The fourth-order valence-corrected chi connectivity index (χ4v) is 1.75. The summed E-state index contributed by atoms with van der Waals surface area (Å²) >= 11 is 0. The zero-order valence-electron chi connectivity index (χ0n) is 8.87. The molecule has 4 nitrogen and oxygen atoms in total. The average molecular weight is 204 g/mol. The Bertz CT molecular complexity index is 336. The van der Waals surface area contributed by atoms with E-state index >= 15 is 0 Å². The van der Waals surface area contributed by atoms with E-state index in [-0.39, 0.29) is 6.04 Å². The lowest BCUT2D eigenvalue weighted by atomic mass is 10.1. The lowest BCUT2D eigenvalue weighted by molar-refractivity contribution is 0.0144. The minimum Gasteiger partial charge on any atom is -0.299 e. The highest BCUT2D eigenvalue weighted by Gasteiger charge is 2.23. The smallest absolute Gasteiger partial charge is 0.0898 e. The summed E-state index contributed by atoms with van der Waals surface area (Å²) in [5, 5.41) is 3.80. The highest BCUT2D eigenvalue weighted by atomic mass is 15.8. The summed E-state index contributed by atoms with van der Waals surface area (Å²) in [7, 11) is 0. The number of hydrogen-bond acceptors (Lipinski definition) is 4. The molecule has 15 heavy (non-hydrogen) atoms. The van der Waals surface area contributed by atoms with Crippen molar-refractivity contribution in [3.8, 4) is 0 Å². The van der Waals surface area contributed by atoms with Gasteiger partial charge < -0.3 is 0 Å². The molecule has 80 valence electrons. The number of hydrogen-bond donors (Lipinski definition) is 1. The zero-order chi connectivity index (χ0) is 10.7. The highest BCUT2D eigenvalue weighted by molar-refractivity contribution is 5.21. The topological polar surface area (TPSA) is 45.4 Å². The Balaban J connectivity index is 2.11. The van der Waals surface area contributed by atoms with Gasteiger partial charge in [0, 0.05) is 25.1 Å². The molecule has 0 saturated carbocycles. The lowest BCUT2D eigenvalue weighted by Crippen LogP contribution is -2.42. The first-order chi connectivity index (χ1) is 7.33. The fourth-order valence-electron chi connectivity index (χ4n) is 1.75. The van der Waals surface area contributed by atoms with E-state index in [1.54, 1.807) is 17.5 Å². The van der Waals surface area contributed by atoms with Crippen LogP contribution in [0.25, 0.3) is 0 Å². The van der Waals surface area contributed by atoms with E-state index in [1.165, 1.54) is 5.56 Å². The molecular weight excluding hydrogens is 188 g/mol. The van der Waals surface area contributed by atoms with Crippen LogP contribution in [0.5, 0.6) is 0 Å². The summed E-state index contributed by atoms with van der Waals surface area (Å²) in [4.78, 5) is 4.00. The highest BCUT2D eigenvalue weighted by Crippen LogP contribution is 2.25. The minimum atomic E-state index is 0.138. The molecule has 2 rings (SSSR count). The predicted molar refractivity (Wildman–Crippen MR) is 59.1 cm³/mol. The van der Waals surface area contributed by atoms with E-state index in [0.717, 1.165) is 13.0 Å². The summed E-state index contributed by atoms with van der Waals surface area (Å²) < 4.78 is 0. The van der Waals surface area contributed by atoms with Gasteiger partial charge in [-0.2, -0.15) is 0 Å². The van der Waals surface area contributed by atoms with Crippen LogP contribution in [-0.2, 0) is 0 Å². The lowest BCUT2D eigenvalue weighted by Gasteiger charge is -2.28. The van der Waals surface area contributed by atoms with Crippen molar-refractivity contribution in [3.05, 3.63) is 42.4 Å². The van der Waals surface area contributed by atoms with Crippen LogP contribution in [0.4, 0.5) is 0 Å². The molecule has 0 aromatic carbocycles. The maximum absolute atomic E-state index is 6.02. The summed E-state index contributed by atoms with van der Waals surface area (Å²) in [6.07, 6.45) is 8.81. The molecule has 0 spiro atoms. The van der Waals surface area contributed by atoms with Gasteiger partial charge in [-0.3, -0.25) is 9.99 Å². The van der Waals surface area contributed by atoms with Crippen LogP contribution in [-0.4, -0.2) is 21.7 Å². The molecule has 0 bridgehead atoms. The fraction of sp³-hybridized carbons (Fsp3) is 0.364. The van der Waals surface area contributed by atoms with Gasteiger partial charge in [0.25, 0.3) is 0 Å². The molecule has 0 aliphatic carbocycles. The molecule has 4 heteroatoms. The number of hydrazine groups is 2. The molecule has 2 N–H and O–H groups in total. The van der Waals surface area contributed by atoms with Gasteiger partial charge in [-0.25, -0.2) is 5.84 Å². The molecule has 2 heterocycles. The standard InChI is InChI=1S/C11H16N4/c1-2-8-14-9-5-11(15(14)12)10-3-6-13-7-4-10/h3-7,9,11H,2,8,12H2,1H3. The predicted octanol–water partition coefficient (Wildman–Crippen LogP) is 1.45. The molecule has 1 aliphatic rings. The SMILES string of the molecule is CCCN1C=CC(c2ccncc2)N1N. The van der Waals surface area contributed by atoms with Gasteiger partial charge in [0.05, 0.1) is 6.04 Å². The van der Waals surface area contributed by atoms with Crippen LogP contribution in [0.3, 0.4) is 0 Å². The van der Waals surface area contributed by atoms with Crippen LogP contribution in [0.15, 0.2) is 36.8 Å². The van der Waals surface area contributed by atoms with Crippen LogP contribution in [0, 0.1) is 0 Å². The van der Waals surface area contributed by atoms with E-state index in [2.05, 4.69) is 18.0 Å². The number of nitrogens with two attached hydrogens (primary N) is 1. The van der Waals surface area contributed by atoms with Gasteiger partial charge in [0.15, 0.2) is 0 Å². The quantitative estimate of drug-likeness (QED) is 0.757. The first kappa shape index (κ1) is 10.1. The van der Waals surface area contributed by atoms with Crippen molar-refractivity contribution < 1.29 is 0 Å². The minimum absolute atomic E-state index is 0.138. The van der Waals surface area contributed by atoms with E-state index in [0.29, 0.717) is 0 Å². The molecule has 0 fully saturated rings. The maximum Gasteiger partial charge on any atom is 0.0898 e. The van der Waals surface area contributed by atoms with Crippen LogP contribution in [0.2, 0.25) is 0 Å². The van der Waals surface area contributed by atoms with Crippen LogP contribution < -0.4 is 5.84 Å². The van der Waals surface area contributed by atoms with Gasteiger partial charge in [-0.05, 0) is 30.2 Å². The Morgan fingerprint density at radius 2 is 2.13 bits per heavy atom. The molecule has 0 saturated heterocycles. The Kier molecular flexibility index (Phi) is 2.99. The van der Waals surface area contributed by atoms with E-state index in [9.17, 15) is 0 Å². The van der Waals surface area contributed by atoms with Gasteiger partial charge >= 0.3 is 0 Å². The third-order valence-corrected chi connectivity index (χ3v) is 2.52. The summed E-state index contributed by atoms with van der Waals surface area (Å²) in [6.45, 7) is 3.09. The maximum atomic E-state index is 6.02. The Hall–Kier alpha value is -1.39. The number of nitrogens with zero attached hydrogens (tertiary/aromatic N) is 3. The molecule has 0 amide bonds. The monoisotopic (exact) mass is 204 g/mol. The van der Waals surface area contributed by atoms with Crippen molar-refractivity contribution in [2.75, 3.05) is 6.54 Å². The van der Waals surface area contributed by atoms with E-state index in [1.807, 2.05) is 23.3 Å². The second-order valence-corrected chi connectivity index (χ2v) is 3.61. The molecule has 1 atom stereocenters. The molecule has 1 aromatic rings. The van der Waals surface area contributed by atoms with Crippen molar-refractivity contribution in [2.45, 2.75) is 19.4 Å². The number of rotatable bonds is 3. The summed E-state index contributed by atoms with van der Waals surface area (Å²) in [5.41, 5.74) is 1.17. The van der Waals surface area contributed by atoms with Crippen LogP contribution in [0.1, 0.15) is 24.9 Å². The van der Waals surface area contributed by atoms with E-state index < -0.39 is 0 Å². The molecule has 0 radical (unpaired) electrons. The average Bonchev–Trinajstić information content (AvgIpc) is 2.63. The first-order valence-corrected chi connectivity index (χ1v) is 5.21.